The van der Waals surface area contributed by atoms with E-state index in [1.807, 2.05) is 24.3 Å². The normalized spacial score (nSPS) is 23.5. The quantitative estimate of drug-likeness (QED) is 0.206. The average Bonchev–Trinajstić information content (AvgIpc) is 3.60. The third-order valence-electron chi connectivity index (χ3n) is 10.4. The lowest BCUT2D eigenvalue weighted by Crippen LogP contribution is -2.65. The molecule has 1 saturated heterocycles. The Bertz CT molecular complexity index is 1860. The number of rotatable bonds is 8. The van der Waals surface area contributed by atoms with Crippen molar-refractivity contribution in [2.75, 3.05) is 37.1 Å². The maximum Gasteiger partial charge on any atom is 0.339 e. The van der Waals surface area contributed by atoms with Crippen LogP contribution in [0.5, 0.6) is 0 Å². The number of carbonyl (C=O) groups excluding carboxylic acids is 5. The lowest BCUT2D eigenvalue weighted by atomic mass is 9.57. The summed E-state index contributed by atoms with van der Waals surface area (Å²) in [7, 11) is 1.42. The highest BCUT2D eigenvalue weighted by atomic mass is 16.6. The number of likely N-dealkylation sites (N-methyl/N-ethyl adjacent to an activating group) is 1. The van der Waals surface area contributed by atoms with Crippen molar-refractivity contribution in [1.82, 2.24) is 4.90 Å². The van der Waals surface area contributed by atoms with Crippen molar-refractivity contribution < 1.29 is 38.2 Å². The van der Waals surface area contributed by atoms with Crippen LogP contribution in [0.1, 0.15) is 63.8 Å². The largest absolute Gasteiger partial charge is 0.466 e. The number of amides is 2. The lowest BCUT2D eigenvalue weighted by Gasteiger charge is -2.43. The predicted octanol–water partition coefficient (Wildman–Crippen LogP) is 4.61. The van der Waals surface area contributed by atoms with Crippen molar-refractivity contribution in [3.63, 3.8) is 0 Å². The lowest BCUT2D eigenvalue weighted by molar-refractivity contribution is -0.183. The molecule has 2 spiro atoms. The van der Waals surface area contributed by atoms with Crippen LogP contribution in [-0.4, -0.2) is 67.0 Å². The van der Waals surface area contributed by atoms with Crippen LogP contribution in [0.3, 0.4) is 0 Å². The van der Waals surface area contributed by atoms with Gasteiger partial charge in [-0.15, -0.1) is 0 Å². The van der Waals surface area contributed by atoms with Crippen LogP contribution in [0.25, 0.3) is 0 Å². The second kappa shape index (κ2) is 12.4. The molecule has 262 valence electrons. The second-order valence-corrected chi connectivity index (χ2v) is 13.8. The molecule has 3 aromatic rings. The molecule has 11 nitrogen and oxygen atoms in total. The van der Waals surface area contributed by atoms with Gasteiger partial charge in [-0.05, 0) is 62.1 Å². The zero-order chi connectivity index (χ0) is 36.2. The standard InChI is InChI=1S/C39H43N3O8/c1-8-48-31(43)30-37(26-15-11-13-17-28(26)40-32(37)44)39(41(7)38(30,34(46)49-9-2)35(47)50-10-3)27-16-12-14-18-29(27)42(33(39)45)23-24-19-21-25(22-20-24)36(4,5)6/h11-22,30H,8-10,23H2,1-7H3,(H,40,44). The summed E-state index contributed by atoms with van der Waals surface area (Å²) in [5, 5.41) is 2.90. The number of ether oxygens (including phenoxy) is 3. The third-order valence-corrected chi connectivity index (χ3v) is 10.4. The molecular formula is C39H43N3O8. The van der Waals surface area contributed by atoms with Crippen LogP contribution in [0.15, 0.2) is 72.8 Å². The van der Waals surface area contributed by atoms with E-state index in [0.29, 0.717) is 16.9 Å². The smallest absolute Gasteiger partial charge is 0.339 e. The summed E-state index contributed by atoms with van der Waals surface area (Å²) >= 11 is 0. The highest BCUT2D eigenvalue weighted by Crippen LogP contribution is 2.69. The fourth-order valence-corrected chi connectivity index (χ4v) is 8.41. The van der Waals surface area contributed by atoms with E-state index in [1.54, 1.807) is 74.2 Å². The fourth-order valence-electron chi connectivity index (χ4n) is 8.41. The maximum absolute atomic E-state index is 15.8. The monoisotopic (exact) mass is 681 g/mol. The molecule has 3 aromatic carbocycles. The van der Waals surface area contributed by atoms with Gasteiger partial charge in [0.2, 0.25) is 11.4 Å². The van der Waals surface area contributed by atoms with E-state index in [-0.39, 0.29) is 37.3 Å². The molecule has 0 radical (unpaired) electrons. The molecule has 2 amide bonds. The molecule has 11 heteroatoms. The van der Waals surface area contributed by atoms with E-state index < -0.39 is 52.1 Å². The van der Waals surface area contributed by atoms with Gasteiger partial charge in [0.15, 0.2) is 0 Å². The van der Waals surface area contributed by atoms with Crippen LogP contribution in [0.2, 0.25) is 0 Å². The molecule has 3 aliphatic heterocycles. The Morgan fingerprint density at radius 2 is 1.34 bits per heavy atom. The van der Waals surface area contributed by atoms with Gasteiger partial charge in [-0.1, -0.05) is 81.4 Å². The molecule has 3 atom stereocenters. The first-order valence-electron chi connectivity index (χ1n) is 17.0. The van der Waals surface area contributed by atoms with Crippen molar-refractivity contribution in [2.45, 2.75) is 70.0 Å². The van der Waals surface area contributed by atoms with Gasteiger partial charge in [0, 0.05) is 16.9 Å². The average molecular weight is 682 g/mol. The summed E-state index contributed by atoms with van der Waals surface area (Å²) in [6.07, 6.45) is 0. The molecule has 0 saturated carbocycles. The molecule has 0 bridgehead atoms. The summed E-state index contributed by atoms with van der Waals surface area (Å²) in [4.78, 5) is 77.4. The van der Waals surface area contributed by atoms with Crippen molar-refractivity contribution in [3.05, 3.63) is 95.1 Å². The van der Waals surface area contributed by atoms with Crippen molar-refractivity contribution in [3.8, 4) is 0 Å². The SMILES string of the molecule is CCOC(=O)C1C(C(=O)OCC)(C(=O)OCC)N(C)C2(C(=O)N(Cc3ccc(C(C)(C)C)cc3)c3ccccc32)C12C(=O)Nc1ccccc12. The van der Waals surface area contributed by atoms with Gasteiger partial charge in [-0.2, -0.15) is 0 Å². The van der Waals surface area contributed by atoms with Gasteiger partial charge in [-0.3, -0.25) is 19.3 Å². The van der Waals surface area contributed by atoms with Crippen LogP contribution in [-0.2, 0) is 61.1 Å². The molecule has 3 aliphatic rings. The second-order valence-electron chi connectivity index (χ2n) is 13.8. The molecule has 0 aromatic heterocycles. The van der Waals surface area contributed by atoms with Crippen molar-refractivity contribution in [1.29, 1.82) is 0 Å². The van der Waals surface area contributed by atoms with E-state index in [1.165, 1.54) is 11.9 Å². The van der Waals surface area contributed by atoms with Crippen LogP contribution in [0, 0.1) is 5.92 Å². The van der Waals surface area contributed by atoms with Crippen molar-refractivity contribution >= 4 is 41.1 Å². The maximum atomic E-state index is 15.8. The number of hydrogen-bond donors (Lipinski definition) is 1. The number of carbonyl (C=O) groups is 5. The Labute approximate surface area is 291 Å². The molecule has 3 unspecified atom stereocenters. The van der Waals surface area contributed by atoms with E-state index in [4.69, 9.17) is 14.2 Å². The number of benzene rings is 3. The molecule has 1 N–H and O–H groups in total. The molecule has 0 aliphatic carbocycles. The number of esters is 3. The van der Waals surface area contributed by atoms with Crippen LogP contribution < -0.4 is 10.2 Å². The fraction of sp³-hybridized carbons (Fsp3) is 0.410. The summed E-state index contributed by atoms with van der Waals surface area (Å²) in [5.74, 6) is -6.53. The van der Waals surface area contributed by atoms with Crippen LogP contribution >= 0.6 is 0 Å². The molecule has 3 heterocycles. The minimum absolute atomic E-state index is 0.0908. The third kappa shape index (κ3) is 4.41. The summed E-state index contributed by atoms with van der Waals surface area (Å²) in [6.45, 7) is 10.7. The first-order chi connectivity index (χ1) is 23.8. The summed E-state index contributed by atoms with van der Waals surface area (Å²) in [6, 6.07) is 21.6. The number of hydrogen-bond acceptors (Lipinski definition) is 9. The predicted molar refractivity (Wildman–Crippen MR) is 185 cm³/mol. The Morgan fingerprint density at radius 1 is 0.780 bits per heavy atom. The number of fused-ring (bicyclic) bond motifs is 5. The number of nitrogens with zero attached hydrogens (tertiary/aromatic N) is 2. The number of para-hydroxylation sites is 2. The molecule has 50 heavy (non-hydrogen) atoms. The Morgan fingerprint density at radius 3 is 1.92 bits per heavy atom. The number of nitrogens with one attached hydrogen (secondary N) is 1. The zero-order valence-electron chi connectivity index (χ0n) is 29.5. The topological polar surface area (TPSA) is 132 Å². The van der Waals surface area contributed by atoms with Crippen molar-refractivity contribution in [2.24, 2.45) is 5.92 Å². The van der Waals surface area contributed by atoms with Crippen LogP contribution in [0.4, 0.5) is 11.4 Å². The Hall–Kier alpha value is -5.03. The van der Waals surface area contributed by atoms with Gasteiger partial charge in [-0.25, -0.2) is 9.59 Å². The summed E-state index contributed by atoms with van der Waals surface area (Å²) < 4.78 is 16.8. The van der Waals surface area contributed by atoms with E-state index >= 15 is 9.59 Å². The summed E-state index contributed by atoms with van der Waals surface area (Å²) in [5.41, 5.74) is -3.72. The zero-order valence-corrected chi connectivity index (χ0v) is 29.5. The highest BCUT2D eigenvalue weighted by molar-refractivity contribution is 6.24. The molecular weight excluding hydrogens is 638 g/mol. The van der Waals surface area contributed by atoms with Gasteiger partial charge in [0.05, 0.1) is 26.4 Å². The molecule has 6 rings (SSSR count). The minimum atomic E-state index is -2.62. The Balaban J connectivity index is 1.72. The Kier molecular flexibility index (Phi) is 8.62. The first kappa shape index (κ1) is 34.8. The van der Waals surface area contributed by atoms with E-state index in [2.05, 4.69) is 26.1 Å². The number of likely N-dealkylation sites (tertiary alicyclic amines) is 1. The van der Waals surface area contributed by atoms with Gasteiger partial charge in [0.25, 0.3) is 5.91 Å². The van der Waals surface area contributed by atoms with E-state index in [9.17, 15) is 14.4 Å². The first-order valence-corrected chi connectivity index (χ1v) is 17.0. The van der Waals surface area contributed by atoms with Gasteiger partial charge >= 0.3 is 17.9 Å². The van der Waals surface area contributed by atoms with Gasteiger partial charge < -0.3 is 24.4 Å². The van der Waals surface area contributed by atoms with E-state index in [0.717, 1.165) is 11.1 Å². The highest BCUT2D eigenvalue weighted by Gasteiger charge is 2.89. The molecule has 1 fully saturated rings. The number of anilines is 2. The minimum Gasteiger partial charge on any atom is -0.466 e. The van der Waals surface area contributed by atoms with Gasteiger partial charge in [0.1, 0.15) is 16.9 Å².